The molecule has 2 N–H and O–H groups in total. The lowest BCUT2D eigenvalue weighted by Crippen LogP contribution is -2.39. The Kier molecular flexibility index (Phi) is 7.31. The minimum Gasteiger partial charge on any atom is -0.354 e. The Hall–Kier alpha value is -5.01. The van der Waals surface area contributed by atoms with E-state index in [0.29, 0.717) is 23.5 Å². The first-order valence-electron chi connectivity index (χ1n) is 12.8. The second kappa shape index (κ2) is 11.0. The highest BCUT2D eigenvalue weighted by Gasteiger charge is 2.20. The van der Waals surface area contributed by atoms with E-state index in [9.17, 15) is 19.2 Å². The fraction of sp³-hybridized carbons (Fsp3) is 0.200. The number of hydrogen-bond donors (Lipinski definition) is 2. The number of aryl methyl sites for hydroxylation is 1. The molecule has 5 rings (SSSR count). The van der Waals surface area contributed by atoms with E-state index in [1.165, 1.54) is 22.9 Å². The van der Waals surface area contributed by atoms with E-state index >= 15 is 0 Å². The van der Waals surface area contributed by atoms with Crippen LogP contribution in [0, 0.1) is 24.1 Å². The average molecular weight is 538 g/mol. The van der Waals surface area contributed by atoms with Gasteiger partial charge in [-0.05, 0) is 68.9 Å². The molecule has 1 atom stereocenters. The molecule has 9 nitrogen and oxygen atoms in total. The predicted octanol–water partition coefficient (Wildman–Crippen LogP) is 4.06. The summed E-state index contributed by atoms with van der Waals surface area (Å²) in [4.78, 5) is 32.7. The molecule has 0 fully saturated rings. The molecule has 0 bridgehead atoms. The standard InChI is InChI=1S/C30H28FN7O2/c1-19-16-37(27-10-9-23(31)13-25(19)27)24-8-5-11-36(17-24)18-38-28(22-7-4-6-21(12-22)14-32)34-15-26(30(38)40)35-29(39)20(2)33-3/h4-13,15-16,20,33H,17-18H2,1-3H3,(H,35,39)/t20-/m0/s1. The number of likely N-dealkylation sites (N-methyl/N-ethyl adjacent to an activating group) is 1. The molecule has 0 radical (unpaired) electrons. The van der Waals surface area contributed by atoms with E-state index in [1.807, 2.05) is 40.9 Å². The van der Waals surface area contributed by atoms with Gasteiger partial charge in [0.2, 0.25) is 5.91 Å². The molecule has 10 heteroatoms. The van der Waals surface area contributed by atoms with Gasteiger partial charge in [-0.1, -0.05) is 12.1 Å². The highest BCUT2D eigenvalue weighted by Crippen LogP contribution is 2.27. The molecule has 1 amide bonds. The number of rotatable bonds is 7. The maximum absolute atomic E-state index is 13.9. The van der Waals surface area contributed by atoms with Crippen molar-refractivity contribution in [3.05, 3.63) is 101 Å². The Morgan fingerprint density at radius 3 is 2.85 bits per heavy atom. The van der Waals surface area contributed by atoms with Crippen molar-refractivity contribution in [2.75, 3.05) is 18.9 Å². The SMILES string of the molecule is CN[C@@H](C)C(=O)Nc1cnc(-c2cccc(C#N)c2)n(CN2C=CC=C(n3cc(C)c4cc(F)ccc43)C2)c1=O. The summed E-state index contributed by atoms with van der Waals surface area (Å²) in [6, 6.07) is 13.2. The number of aromatic nitrogens is 3. The van der Waals surface area contributed by atoms with E-state index < -0.39 is 11.6 Å². The van der Waals surface area contributed by atoms with Crippen molar-refractivity contribution in [2.45, 2.75) is 26.6 Å². The number of hydrogen-bond acceptors (Lipinski definition) is 6. The molecule has 0 spiro atoms. The molecule has 1 aliphatic rings. The molecule has 2 aromatic carbocycles. The van der Waals surface area contributed by atoms with Crippen LogP contribution in [0.15, 0.2) is 78.0 Å². The molecular weight excluding hydrogens is 509 g/mol. The van der Waals surface area contributed by atoms with Crippen LogP contribution in [-0.4, -0.2) is 44.6 Å². The van der Waals surface area contributed by atoms with Crippen molar-refractivity contribution in [1.29, 1.82) is 5.26 Å². The number of nitrogens with one attached hydrogen (secondary N) is 2. The van der Waals surface area contributed by atoms with E-state index in [4.69, 9.17) is 0 Å². The summed E-state index contributed by atoms with van der Waals surface area (Å²) in [5.41, 5.74) is 3.45. The van der Waals surface area contributed by atoms with Gasteiger partial charge in [0.15, 0.2) is 0 Å². The Morgan fingerprint density at radius 1 is 1.25 bits per heavy atom. The predicted molar refractivity (Wildman–Crippen MR) is 153 cm³/mol. The molecule has 2 aromatic heterocycles. The van der Waals surface area contributed by atoms with Crippen LogP contribution in [0.3, 0.4) is 0 Å². The first-order valence-corrected chi connectivity index (χ1v) is 12.8. The topological polar surface area (TPSA) is 108 Å². The average Bonchev–Trinajstić information content (AvgIpc) is 3.30. The van der Waals surface area contributed by atoms with Crippen LogP contribution in [0.2, 0.25) is 0 Å². The summed E-state index contributed by atoms with van der Waals surface area (Å²) in [6.07, 6.45) is 9.06. The van der Waals surface area contributed by atoms with Gasteiger partial charge in [0.1, 0.15) is 17.3 Å². The summed E-state index contributed by atoms with van der Waals surface area (Å²) in [7, 11) is 1.66. The molecule has 4 aromatic rings. The normalized spacial score (nSPS) is 13.7. The largest absolute Gasteiger partial charge is 0.354 e. The van der Waals surface area contributed by atoms with Crippen molar-refractivity contribution >= 4 is 28.2 Å². The van der Waals surface area contributed by atoms with Crippen LogP contribution in [0.5, 0.6) is 0 Å². The zero-order valence-corrected chi connectivity index (χ0v) is 22.4. The molecule has 0 unspecified atom stereocenters. The van der Waals surface area contributed by atoms with Crippen molar-refractivity contribution in [3.63, 3.8) is 0 Å². The molecule has 0 saturated heterocycles. The maximum Gasteiger partial charge on any atom is 0.279 e. The Balaban J connectivity index is 1.51. The van der Waals surface area contributed by atoms with E-state index in [-0.39, 0.29) is 24.1 Å². The van der Waals surface area contributed by atoms with Crippen LogP contribution >= 0.6 is 0 Å². The van der Waals surface area contributed by atoms with Gasteiger partial charge in [0.25, 0.3) is 5.56 Å². The summed E-state index contributed by atoms with van der Waals surface area (Å²) in [5.74, 6) is -0.283. The van der Waals surface area contributed by atoms with Gasteiger partial charge in [0, 0.05) is 29.0 Å². The van der Waals surface area contributed by atoms with Crippen molar-refractivity contribution < 1.29 is 9.18 Å². The smallest absolute Gasteiger partial charge is 0.279 e. The van der Waals surface area contributed by atoms with Crippen LogP contribution < -0.4 is 16.2 Å². The monoisotopic (exact) mass is 537 g/mol. The molecular formula is C30H28FN7O2. The van der Waals surface area contributed by atoms with Crippen molar-refractivity contribution in [1.82, 2.24) is 24.3 Å². The first-order chi connectivity index (χ1) is 19.3. The lowest BCUT2D eigenvalue weighted by molar-refractivity contribution is -0.117. The van der Waals surface area contributed by atoms with Gasteiger partial charge < -0.3 is 20.1 Å². The zero-order chi connectivity index (χ0) is 28.4. The quantitative estimate of drug-likeness (QED) is 0.368. The summed E-state index contributed by atoms with van der Waals surface area (Å²) in [6.45, 7) is 4.21. The number of allylic oxidation sites excluding steroid dienone is 2. The van der Waals surface area contributed by atoms with E-state index in [1.54, 1.807) is 44.3 Å². The number of amides is 1. The first kappa shape index (κ1) is 26.6. The van der Waals surface area contributed by atoms with Gasteiger partial charge in [-0.2, -0.15) is 5.26 Å². The second-order valence-corrected chi connectivity index (χ2v) is 9.65. The van der Waals surface area contributed by atoms with Crippen LogP contribution in [0.1, 0.15) is 18.1 Å². The number of benzene rings is 2. The Morgan fingerprint density at radius 2 is 2.08 bits per heavy atom. The number of nitrogens with zero attached hydrogens (tertiary/aromatic N) is 5. The molecule has 0 saturated carbocycles. The summed E-state index contributed by atoms with van der Waals surface area (Å²) >= 11 is 0. The zero-order valence-electron chi connectivity index (χ0n) is 22.4. The summed E-state index contributed by atoms with van der Waals surface area (Å²) in [5, 5.41) is 15.8. The van der Waals surface area contributed by atoms with Gasteiger partial charge in [-0.3, -0.25) is 14.2 Å². The van der Waals surface area contributed by atoms with E-state index in [0.717, 1.165) is 22.2 Å². The third-order valence-corrected chi connectivity index (χ3v) is 6.93. The Labute approximate surface area is 230 Å². The lowest BCUT2D eigenvalue weighted by atomic mass is 10.1. The third-order valence-electron chi connectivity index (χ3n) is 6.93. The van der Waals surface area contributed by atoms with Gasteiger partial charge in [-0.15, -0.1) is 0 Å². The van der Waals surface area contributed by atoms with Crippen LogP contribution in [0.4, 0.5) is 10.1 Å². The lowest BCUT2D eigenvalue weighted by Gasteiger charge is -2.27. The third kappa shape index (κ3) is 5.15. The summed E-state index contributed by atoms with van der Waals surface area (Å²) < 4.78 is 17.4. The van der Waals surface area contributed by atoms with Gasteiger partial charge >= 0.3 is 0 Å². The second-order valence-electron chi connectivity index (χ2n) is 9.65. The van der Waals surface area contributed by atoms with Crippen LogP contribution in [-0.2, 0) is 11.5 Å². The van der Waals surface area contributed by atoms with Crippen molar-refractivity contribution in [2.24, 2.45) is 0 Å². The highest BCUT2D eigenvalue weighted by molar-refractivity contribution is 5.94. The van der Waals surface area contributed by atoms with Gasteiger partial charge in [0.05, 0.1) is 42.6 Å². The molecule has 3 heterocycles. The van der Waals surface area contributed by atoms with Gasteiger partial charge in [-0.25, -0.2) is 9.37 Å². The van der Waals surface area contributed by atoms with E-state index in [2.05, 4.69) is 21.7 Å². The Bertz CT molecular complexity index is 1780. The number of fused-ring (bicyclic) bond motifs is 1. The van der Waals surface area contributed by atoms with Crippen LogP contribution in [0.25, 0.3) is 28.0 Å². The highest BCUT2D eigenvalue weighted by atomic mass is 19.1. The number of nitriles is 1. The maximum atomic E-state index is 13.9. The minimum atomic E-state index is -0.508. The fourth-order valence-corrected chi connectivity index (χ4v) is 4.67. The number of carbonyl (C=O) groups is 1. The van der Waals surface area contributed by atoms with Crippen molar-refractivity contribution in [3.8, 4) is 17.5 Å². The number of anilines is 1. The molecule has 40 heavy (non-hydrogen) atoms. The fourth-order valence-electron chi connectivity index (χ4n) is 4.67. The minimum absolute atomic E-state index is 0.0538. The number of halogens is 1. The molecule has 1 aliphatic heterocycles. The number of carbonyl (C=O) groups excluding carboxylic acids is 1. The molecule has 0 aliphatic carbocycles. The molecule has 202 valence electrons.